The molecule has 2 unspecified atom stereocenters. The van der Waals surface area contributed by atoms with Crippen LogP contribution in [0.25, 0.3) is 0 Å². The first-order valence-electron chi connectivity index (χ1n) is 7.51. The van der Waals surface area contributed by atoms with Gasteiger partial charge in [-0.05, 0) is 30.2 Å². The molecule has 2 aromatic rings. The molecule has 0 aliphatic carbocycles. The minimum Gasteiger partial charge on any atom is -0.548 e. The number of aliphatic carboxylic acids is 1. The SMILES string of the molecule is CCC(NC(=O)NCC(c1ccc(Cl)cc1)n1cccn1)C(=O)[O-].[K+]. The van der Waals surface area contributed by atoms with Gasteiger partial charge in [0.1, 0.15) is 0 Å². The molecule has 0 aliphatic heterocycles. The van der Waals surface area contributed by atoms with Crippen LogP contribution in [0, 0.1) is 0 Å². The van der Waals surface area contributed by atoms with Crippen molar-refractivity contribution in [2.75, 3.05) is 6.54 Å². The summed E-state index contributed by atoms with van der Waals surface area (Å²) in [5, 5.41) is 20.7. The van der Waals surface area contributed by atoms with E-state index in [0.717, 1.165) is 5.56 Å². The smallest absolute Gasteiger partial charge is 0.548 e. The first kappa shape index (κ1) is 22.1. The number of halogens is 1. The Balaban J connectivity index is 0.00000312. The standard InChI is InChI=1S/C16H19ClN4O3.K/c1-2-13(15(22)23)20-16(24)18-10-14(21-9-3-8-19-21)11-4-6-12(17)7-5-11;/h3-9,13-14H,2,10H2,1H3,(H,22,23)(H2,18,20,24);/q;+1/p-1. The molecule has 2 rings (SSSR count). The molecule has 1 aromatic heterocycles. The van der Waals surface area contributed by atoms with Gasteiger partial charge in [0.15, 0.2) is 0 Å². The molecule has 1 aromatic carbocycles. The van der Waals surface area contributed by atoms with Crippen molar-refractivity contribution in [1.29, 1.82) is 0 Å². The van der Waals surface area contributed by atoms with E-state index >= 15 is 0 Å². The van der Waals surface area contributed by atoms with Crippen LogP contribution >= 0.6 is 11.6 Å². The summed E-state index contributed by atoms with van der Waals surface area (Å²) in [6.45, 7) is 1.89. The van der Waals surface area contributed by atoms with E-state index in [1.54, 1.807) is 42.2 Å². The summed E-state index contributed by atoms with van der Waals surface area (Å²) in [6, 6.07) is 7.17. The quantitative estimate of drug-likeness (QED) is 0.534. The largest absolute Gasteiger partial charge is 1.00 e. The van der Waals surface area contributed by atoms with Crippen molar-refractivity contribution in [2.24, 2.45) is 0 Å². The average molecular weight is 389 g/mol. The second-order valence-electron chi connectivity index (χ2n) is 5.19. The minimum absolute atomic E-state index is 0. The molecule has 2 atom stereocenters. The fourth-order valence-corrected chi connectivity index (χ4v) is 2.37. The van der Waals surface area contributed by atoms with Gasteiger partial charge in [-0.25, -0.2) is 4.79 Å². The van der Waals surface area contributed by atoms with Crippen molar-refractivity contribution < 1.29 is 66.1 Å². The first-order chi connectivity index (χ1) is 11.5. The molecule has 0 spiro atoms. The van der Waals surface area contributed by atoms with Gasteiger partial charge in [0.2, 0.25) is 0 Å². The predicted octanol–water partition coefficient (Wildman–Crippen LogP) is -2.04. The van der Waals surface area contributed by atoms with Crippen molar-refractivity contribution in [1.82, 2.24) is 20.4 Å². The number of rotatable bonds is 7. The molecule has 25 heavy (non-hydrogen) atoms. The number of amides is 2. The molecular formula is C16H18ClKN4O3. The van der Waals surface area contributed by atoms with E-state index in [1.807, 2.05) is 12.1 Å². The average Bonchev–Trinajstić information content (AvgIpc) is 3.08. The monoisotopic (exact) mass is 388 g/mol. The number of carbonyl (C=O) groups is 2. The molecule has 0 radical (unpaired) electrons. The van der Waals surface area contributed by atoms with Crippen molar-refractivity contribution in [3.05, 3.63) is 53.3 Å². The predicted molar refractivity (Wildman–Crippen MR) is 87.4 cm³/mol. The van der Waals surface area contributed by atoms with E-state index in [1.165, 1.54) is 0 Å². The van der Waals surface area contributed by atoms with Crippen LogP contribution in [-0.4, -0.2) is 34.4 Å². The summed E-state index contributed by atoms with van der Waals surface area (Å²) in [6.07, 6.45) is 3.68. The van der Waals surface area contributed by atoms with Crippen LogP contribution in [-0.2, 0) is 4.79 Å². The van der Waals surface area contributed by atoms with E-state index in [0.29, 0.717) is 5.02 Å². The van der Waals surface area contributed by atoms with Gasteiger partial charge >= 0.3 is 57.4 Å². The van der Waals surface area contributed by atoms with Gasteiger partial charge in [0.25, 0.3) is 0 Å². The number of hydrogen-bond donors (Lipinski definition) is 2. The normalized spacial score (nSPS) is 12.6. The van der Waals surface area contributed by atoms with Crippen LogP contribution in [0.4, 0.5) is 4.79 Å². The number of urea groups is 1. The Morgan fingerprint density at radius 2 is 2.00 bits per heavy atom. The van der Waals surface area contributed by atoms with Crippen LogP contribution in [0.5, 0.6) is 0 Å². The molecule has 128 valence electrons. The third-order valence-corrected chi connectivity index (χ3v) is 3.81. The molecule has 2 amide bonds. The molecule has 0 bridgehead atoms. The molecule has 1 heterocycles. The second-order valence-corrected chi connectivity index (χ2v) is 5.62. The summed E-state index contributed by atoms with van der Waals surface area (Å²) >= 11 is 5.91. The summed E-state index contributed by atoms with van der Waals surface area (Å²) in [5.41, 5.74) is 0.912. The Morgan fingerprint density at radius 3 is 2.52 bits per heavy atom. The van der Waals surface area contributed by atoms with Gasteiger partial charge in [0, 0.05) is 24.0 Å². The van der Waals surface area contributed by atoms with Gasteiger partial charge in [-0.3, -0.25) is 4.68 Å². The fourth-order valence-electron chi connectivity index (χ4n) is 2.24. The second kappa shape index (κ2) is 10.9. The summed E-state index contributed by atoms with van der Waals surface area (Å²) in [4.78, 5) is 22.8. The Morgan fingerprint density at radius 1 is 1.32 bits per heavy atom. The summed E-state index contributed by atoms with van der Waals surface area (Å²) in [5.74, 6) is -1.31. The van der Waals surface area contributed by atoms with Crippen LogP contribution < -0.4 is 67.1 Å². The Labute approximate surface area is 193 Å². The van der Waals surface area contributed by atoms with Gasteiger partial charge in [0.05, 0.1) is 18.1 Å². The third-order valence-electron chi connectivity index (χ3n) is 3.55. The molecule has 0 fully saturated rings. The number of aromatic nitrogens is 2. The van der Waals surface area contributed by atoms with E-state index in [9.17, 15) is 14.7 Å². The number of carboxylic acid groups (broad SMARTS) is 1. The van der Waals surface area contributed by atoms with E-state index in [2.05, 4.69) is 15.7 Å². The molecule has 7 nitrogen and oxygen atoms in total. The maximum atomic E-state index is 11.9. The van der Waals surface area contributed by atoms with E-state index < -0.39 is 18.0 Å². The van der Waals surface area contributed by atoms with Crippen LogP contribution in [0.3, 0.4) is 0 Å². The Kier molecular flexibility index (Phi) is 9.69. The van der Waals surface area contributed by atoms with Crippen molar-refractivity contribution in [3.63, 3.8) is 0 Å². The van der Waals surface area contributed by atoms with E-state index in [-0.39, 0.29) is 70.4 Å². The van der Waals surface area contributed by atoms with Crippen molar-refractivity contribution in [2.45, 2.75) is 25.4 Å². The number of benzene rings is 1. The fraction of sp³-hybridized carbons (Fsp3) is 0.312. The van der Waals surface area contributed by atoms with Crippen LogP contribution in [0.2, 0.25) is 5.02 Å². The van der Waals surface area contributed by atoms with Gasteiger partial charge in [-0.1, -0.05) is 30.7 Å². The number of carboxylic acids is 1. The minimum atomic E-state index is -1.31. The van der Waals surface area contributed by atoms with Gasteiger partial charge in [-0.2, -0.15) is 5.10 Å². The zero-order valence-corrected chi connectivity index (χ0v) is 18.0. The van der Waals surface area contributed by atoms with Crippen molar-refractivity contribution in [3.8, 4) is 0 Å². The van der Waals surface area contributed by atoms with Gasteiger partial charge < -0.3 is 20.5 Å². The first-order valence-corrected chi connectivity index (χ1v) is 7.89. The molecule has 0 saturated heterocycles. The molecular weight excluding hydrogens is 371 g/mol. The summed E-state index contributed by atoms with van der Waals surface area (Å²) < 4.78 is 1.71. The molecule has 2 N–H and O–H groups in total. The number of nitrogens with zero attached hydrogens (tertiary/aromatic N) is 2. The van der Waals surface area contributed by atoms with Crippen LogP contribution in [0.15, 0.2) is 42.7 Å². The Hall–Kier alpha value is -0.904. The maximum Gasteiger partial charge on any atom is 1.00 e. The molecule has 0 aliphatic rings. The van der Waals surface area contributed by atoms with Crippen LogP contribution in [0.1, 0.15) is 24.9 Å². The Bertz CT molecular complexity index is 679. The number of carbonyl (C=O) groups excluding carboxylic acids is 2. The number of nitrogens with one attached hydrogen (secondary N) is 2. The zero-order valence-electron chi connectivity index (χ0n) is 14.1. The maximum absolute atomic E-state index is 11.9. The summed E-state index contributed by atoms with van der Waals surface area (Å²) in [7, 11) is 0. The van der Waals surface area contributed by atoms with E-state index in [4.69, 9.17) is 11.6 Å². The van der Waals surface area contributed by atoms with Gasteiger partial charge in [-0.15, -0.1) is 0 Å². The number of hydrogen-bond acceptors (Lipinski definition) is 4. The third kappa shape index (κ3) is 6.72. The molecule has 9 heteroatoms. The van der Waals surface area contributed by atoms with Crippen molar-refractivity contribution >= 4 is 23.6 Å². The topological polar surface area (TPSA) is 99.1 Å². The molecule has 0 saturated carbocycles. The zero-order chi connectivity index (χ0) is 17.5.